The van der Waals surface area contributed by atoms with E-state index in [1.165, 1.54) is 0 Å². The van der Waals surface area contributed by atoms with Crippen LogP contribution in [0.1, 0.15) is 19.8 Å². The van der Waals surface area contributed by atoms with Crippen LogP contribution in [0.3, 0.4) is 0 Å². The molecule has 0 saturated carbocycles. The Kier molecular flexibility index (Phi) is 5.31. The summed E-state index contributed by atoms with van der Waals surface area (Å²) in [5, 5.41) is 16.6. The van der Waals surface area contributed by atoms with Gasteiger partial charge in [0, 0.05) is 52.5 Å². The third-order valence-electron chi connectivity index (χ3n) is 5.89. The van der Waals surface area contributed by atoms with E-state index in [0.29, 0.717) is 17.8 Å². The van der Waals surface area contributed by atoms with Gasteiger partial charge in [-0.05, 0) is 47.0 Å². The normalized spacial score (nSPS) is 11.3. The molecule has 6 aromatic rings. The minimum absolute atomic E-state index is 0.0210. The van der Waals surface area contributed by atoms with E-state index in [1.54, 1.807) is 29.9 Å². The van der Waals surface area contributed by atoms with Crippen LogP contribution in [0.4, 0.5) is 5.69 Å². The largest absolute Gasteiger partial charge is 0.352 e. The molecule has 9 heteroatoms. The Hall–Kier alpha value is -4.37. The Morgan fingerprint density at radius 2 is 1.89 bits per heavy atom. The number of aromatic amines is 2. The molecule has 3 N–H and O–H groups in total. The second-order valence-corrected chi connectivity index (χ2v) is 9.08. The Bertz CT molecular complexity index is 1670. The zero-order chi connectivity index (χ0) is 23.8. The van der Waals surface area contributed by atoms with Gasteiger partial charge in [-0.15, -0.1) is 0 Å². The zero-order valence-corrected chi connectivity index (χ0v) is 19.7. The lowest BCUT2D eigenvalue weighted by Crippen LogP contribution is -2.10. The molecule has 0 aliphatic heterocycles. The van der Waals surface area contributed by atoms with Crippen molar-refractivity contribution in [2.24, 2.45) is 0 Å². The van der Waals surface area contributed by atoms with Gasteiger partial charge in [-0.25, -0.2) is 4.98 Å². The lowest BCUT2D eigenvalue weighted by Gasteiger charge is -2.07. The minimum atomic E-state index is -0.0210. The summed E-state index contributed by atoms with van der Waals surface area (Å²) in [4.78, 5) is 28.8. The van der Waals surface area contributed by atoms with Crippen molar-refractivity contribution in [2.75, 3.05) is 5.32 Å². The quantitative estimate of drug-likeness (QED) is 0.270. The highest BCUT2D eigenvalue weighted by Gasteiger charge is 2.15. The van der Waals surface area contributed by atoms with Crippen molar-refractivity contribution in [3.8, 4) is 33.6 Å². The van der Waals surface area contributed by atoms with Gasteiger partial charge >= 0.3 is 0 Å². The van der Waals surface area contributed by atoms with Crippen LogP contribution in [-0.2, 0) is 4.79 Å². The monoisotopic (exact) mass is 479 g/mol. The predicted molar refractivity (Wildman–Crippen MR) is 139 cm³/mol. The summed E-state index contributed by atoms with van der Waals surface area (Å²) in [6.07, 6.45) is 10.2. The van der Waals surface area contributed by atoms with Gasteiger partial charge in [0.2, 0.25) is 5.91 Å². The van der Waals surface area contributed by atoms with Gasteiger partial charge in [-0.3, -0.25) is 19.9 Å². The molecule has 0 unspecified atom stereocenters. The fourth-order valence-corrected chi connectivity index (χ4v) is 4.87. The highest BCUT2D eigenvalue weighted by Crippen LogP contribution is 2.35. The highest BCUT2D eigenvalue weighted by molar-refractivity contribution is 7.08. The van der Waals surface area contributed by atoms with E-state index in [0.717, 1.165) is 56.4 Å². The summed E-state index contributed by atoms with van der Waals surface area (Å²) < 4.78 is 0. The van der Waals surface area contributed by atoms with Crippen molar-refractivity contribution < 1.29 is 4.79 Å². The molecule has 1 amide bonds. The minimum Gasteiger partial charge on any atom is -0.352 e. The van der Waals surface area contributed by atoms with E-state index in [1.807, 2.05) is 31.5 Å². The number of H-pyrrole nitrogens is 2. The summed E-state index contributed by atoms with van der Waals surface area (Å²) >= 11 is 1.66. The highest BCUT2D eigenvalue weighted by atomic mass is 32.1. The molecule has 0 aliphatic carbocycles. The number of carbonyl (C=O) groups excluding carboxylic acids is 1. The Morgan fingerprint density at radius 3 is 2.74 bits per heavy atom. The average Bonchev–Trinajstić information content (AvgIpc) is 3.63. The van der Waals surface area contributed by atoms with Gasteiger partial charge in [0.1, 0.15) is 0 Å². The number of hydrogen-bond acceptors (Lipinski definition) is 6. The van der Waals surface area contributed by atoms with E-state index in [4.69, 9.17) is 0 Å². The maximum atomic E-state index is 12.0. The first-order valence-electron chi connectivity index (χ1n) is 11.3. The summed E-state index contributed by atoms with van der Waals surface area (Å²) in [5.74, 6) is -0.0210. The molecular formula is C26H21N7OS. The molecule has 6 aromatic heterocycles. The van der Waals surface area contributed by atoms with Crippen molar-refractivity contribution in [3.05, 3.63) is 66.0 Å². The molecule has 0 fully saturated rings. The number of fused-ring (bicyclic) bond motifs is 2. The van der Waals surface area contributed by atoms with Crippen LogP contribution in [-0.4, -0.2) is 36.0 Å². The topological polar surface area (TPSA) is 112 Å². The molecule has 0 saturated heterocycles. The van der Waals surface area contributed by atoms with E-state index < -0.39 is 0 Å². The first-order chi connectivity index (χ1) is 17.2. The Labute approximate surface area is 204 Å². The molecular weight excluding hydrogens is 458 g/mol. The van der Waals surface area contributed by atoms with E-state index >= 15 is 0 Å². The van der Waals surface area contributed by atoms with Crippen LogP contribution in [0.5, 0.6) is 0 Å². The van der Waals surface area contributed by atoms with Gasteiger partial charge in [0.15, 0.2) is 5.65 Å². The van der Waals surface area contributed by atoms with E-state index in [2.05, 4.69) is 58.3 Å². The van der Waals surface area contributed by atoms with E-state index in [-0.39, 0.29) is 5.91 Å². The van der Waals surface area contributed by atoms with Crippen molar-refractivity contribution in [1.82, 2.24) is 30.1 Å². The number of thiophene rings is 1. The number of rotatable bonds is 6. The molecule has 8 nitrogen and oxygen atoms in total. The Morgan fingerprint density at radius 1 is 1.00 bits per heavy atom. The second-order valence-electron chi connectivity index (χ2n) is 8.30. The fraction of sp³-hybridized carbons (Fsp3) is 0.115. The van der Waals surface area contributed by atoms with Crippen molar-refractivity contribution in [2.45, 2.75) is 19.8 Å². The SMILES string of the molecule is CCCC(=O)Nc1cncc(-c2cnc3n[nH]c(-c4cc5c(-c6ccsc6)cncc5[nH]4)c3c2)c1. The van der Waals surface area contributed by atoms with Crippen LogP contribution in [0.2, 0.25) is 0 Å². The van der Waals surface area contributed by atoms with Gasteiger partial charge in [-0.1, -0.05) is 6.92 Å². The summed E-state index contributed by atoms with van der Waals surface area (Å²) in [5.41, 5.74) is 7.98. The number of pyridine rings is 3. The van der Waals surface area contributed by atoms with Crippen molar-refractivity contribution >= 4 is 44.9 Å². The van der Waals surface area contributed by atoms with E-state index in [9.17, 15) is 4.79 Å². The molecule has 172 valence electrons. The lowest BCUT2D eigenvalue weighted by atomic mass is 10.1. The number of nitrogens with one attached hydrogen (secondary N) is 3. The molecule has 6 rings (SSSR count). The molecule has 0 aliphatic rings. The van der Waals surface area contributed by atoms with Crippen LogP contribution in [0.25, 0.3) is 55.6 Å². The van der Waals surface area contributed by atoms with Crippen LogP contribution < -0.4 is 5.32 Å². The number of carbonyl (C=O) groups is 1. The molecule has 35 heavy (non-hydrogen) atoms. The standard InChI is InChI=1S/C26H21N7OS/c1-2-3-24(34)30-18-6-16(9-27-11-18)17-7-20-25(32-33-26(20)29-10-17)22-8-19-21(15-4-5-35-14-15)12-28-13-23(19)31-22/h4-14,31H,2-3H2,1H3,(H,30,34)(H,29,32,33). The zero-order valence-electron chi connectivity index (χ0n) is 18.9. The third kappa shape index (κ3) is 3.95. The number of aromatic nitrogens is 6. The number of anilines is 1. The maximum Gasteiger partial charge on any atom is 0.224 e. The summed E-state index contributed by atoms with van der Waals surface area (Å²) in [6, 6.07) is 8.17. The van der Waals surface area contributed by atoms with Crippen LogP contribution >= 0.6 is 11.3 Å². The molecule has 0 radical (unpaired) electrons. The van der Waals surface area contributed by atoms with Crippen LogP contribution in [0, 0.1) is 0 Å². The van der Waals surface area contributed by atoms with Gasteiger partial charge < -0.3 is 10.3 Å². The molecule has 0 aromatic carbocycles. The number of nitrogens with zero attached hydrogens (tertiary/aromatic N) is 4. The molecule has 0 bridgehead atoms. The van der Waals surface area contributed by atoms with Gasteiger partial charge in [0.05, 0.1) is 35.0 Å². The number of amides is 1. The fourth-order valence-electron chi connectivity index (χ4n) is 4.21. The second kappa shape index (κ2) is 8.77. The molecule has 0 atom stereocenters. The van der Waals surface area contributed by atoms with Crippen molar-refractivity contribution in [1.29, 1.82) is 0 Å². The average molecular weight is 480 g/mol. The predicted octanol–water partition coefficient (Wildman–Crippen LogP) is 6.03. The maximum absolute atomic E-state index is 12.0. The van der Waals surface area contributed by atoms with Crippen molar-refractivity contribution in [3.63, 3.8) is 0 Å². The first kappa shape index (κ1) is 21.2. The number of hydrogen-bond donors (Lipinski definition) is 3. The summed E-state index contributed by atoms with van der Waals surface area (Å²) in [7, 11) is 0. The molecule has 0 spiro atoms. The van der Waals surface area contributed by atoms with Gasteiger partial charge in [0.25, 0.3) is 0 Å². The third-order valence-corrected chi connectivity index (χ3v) is 6.57. The lowest BCUT2D eigenvalue weighted by molar-refractivity contribution is -0.116. The summed E-state index contributed by atoms with van der Waals surface area (Å²) in [6.45, 7) is 1.98. The van der Waals surface area contributed by atoms with Crippen LogP contribution in [0.15, 0.2) is 66.0 Å². The first-order valence-corrected chi connectivity index (χ1v) is 12.2. The smallest absolute Gasteiger partial charge is 0.224 e. The van der Waals surface area contributed by atoms with Gasteiger partial charge in [-0.2, -0.15) is 16.4 Å². The Balaban J connectivity index is 1.40. The molecule has 6 heterocycles.